The molecule has 0 aliphatic heterocycles. The van der Waals surface area contributed by atoms with Gasteiger partial charge in [-0.15, -0.1) is 0 Å². The van der Waals surface area contributed by atoms with Crippen LogP contribution in [0, 0.1) is 11.6 Å². The zero-order valence-corrected chi connectivity index (χ0v) is 17.2. The van der Waals surface area contributed by atoms with Crippen molar-refractivity contribution in [3.05, 3.63) is 41.4 Å². The Morgan fingerprint density at radius 2 is 1.68 bits per heavy atom. The van der Waals surface area contributed by atoms with Crippen LogP contribution in [0.5, 0.6) is 0 Å². The number of hydrogen-bond donors (Lipinski definition) is 1. The number of nitrogens with two attached hydrogens (primary N) is 1. The lowest BCUT2D eigenvalue weighted by molar-refractivity contribution is -0.144. The maximum absolute atomic E-state index is 14.3. The molecule has 0 radical (unpaired) electrons. The Bertz CT molecular complexity index is 879. The molecule has 0 aliphatic rings. The standard InChI is InChI=1S/C18H22F5N3OSi/c1-17(2,3)28(4,5)27-9-10-8-25-16(18(21,22)23)26-15(10)11-6-14(24)13(20)7-12(11)19/h6-8H,9,24H2,1-5H3. The van der Waals surface area contributed by atoms with Crippen molar-refractivity contribution in [1.29, 1.82) is 0 Å². The summed E-state index contributed by atoms with van der Waals surface area (Å²) < 4.78 is 73.0. The van der Waals surface area contributed by atoms with Crippen molar-refractivity contribution >= 4 is 14.0 Å². The summed E-state index contributed by atoms with van der Waals surface area (Å²) in [5, 5.41) is -0.147. The Morgan fingerprint density at radius 1 is 1.07 bits per heavy atom. The lowest BCUT2D eigenvalue weighted by Crippen LogP contribution is -2.40. The van der Waals surface area contributed by atoms with Gasteiger partial charge in [0.2, 0.25) is 5.82 Å². The molecule has 0 fully saturated rings. The second-order valence-electron chi connectivity index (χ2n) is 7.97. The van der Waals surface area contributed by atoms with E-state index in [1.165, 1.54) is 0 Å². The number of rotatable bonds is 4. The van der Waals surface area contributed by atoms with Gasteiger partial charge in [0.25, 0.3) is 0 Å². The van der Waals surface area contributed by atoms with Crippen LogP contribution in [0.3, 0.4) is 0 Å². The molecule has 0 unspecified atom stereocenters. The van der Waals surface area contributed by atoms with E-state index < -0.39 is 37.6 Å². The lowest BCUT2D eigenvalue weighted by atomic mass is 10.1. The summed E-state index contributed by atoms with van der Waals surface area (Å²) in [4.78, 5) is 6.83. The highest BCUT2D eigenvalue weighted by molar-refractivity contribution is 6.74. The molecule has 10 heteroatoms. The van der Waals surface area contributed by atoms with E-state index in [9.17, 15) is 22.0 Å². The Labute approximate surface area is 161 Å². The first kappa shape index (κ1) is 22.2. The Hall–Kier alpha value is -2.07. The number of nitrogens with zero attached hydrogens (tertiary/aromatic N) is 2. The lowest BCUT2D eigenvalue weighted by Gasteiger charge is -2.36. The molecular weight excluding hydrogens is 397 g/mol. The van der Waals surface area contributed by atoms with Gasteiger partial charge in [-0.25, -0.2) is 18.7 Å². The Balaban J connectivity index is 2.57. The van der Waals surface area contributed by atoms with Crippen molar-refractivity contribution in [1.82, 2.24) is 9.97 Å². The molecule has 0 spiro atoms. The molecule has 0 bridgehead atoms. The van der Waals surface area contributed by atoms with Gasteiger partial charge >= 0.3 is 6.18 Å². The normalized spacial score (nSPS) is 13.1. The Morgan fingerprint density at radius 3 is 2.21 bits per heavy atom. The number of alkyl halides is 3. The van der Waals surface area contributed by atoms with Gasteiger partial charge < -0.3 is 10.2 Å². The minimum absolute atomic E-state index is 0.110. The van der Waals surface area contributed by atoms with Crippen molar-refractivity contribution in [2.75, 3.05) is 5.73 Å². The maximum Gasteiger partial charge on any atom is 0.451 e. The molecule has 154 valence electrons. The van der Waals surface area contributed by atoms with Gasteiger partial charge in [0, 0.05) is 23.4 Å². The molecule has 1 aromatic heterocycles. The zero-order chi connectivity index (χ0) is 21.5. The average molecular weight is 419 g/mol. The molecule has 1 heterocycles. The number of halogens is 5. The second kappa shape index (κ2) is 7.40. The predicted octanol–water partition coefficient (Wildman–Crippen LogP) is 5.54. The van der Waals surface area contributed by atoms with Crippen LogP contribution in [0.1, 0.15) is 32.2 Å². The number of aromatic nitrogens is 2. The molecule has 2 aromatic rings. The highest BCUT2D eigenvalue weighted by Gasteiger charge is 2.38. The SMILES string of the molecule is CC(C)(C)[Si](C)(C)OCc1cnc(C(F)(F)F)nc1-c1cc(N)c(F)cc1F. The van der Waals surface area contributed by atoms with E-state index in [0.29, 0.717) is 6.07 Å². The van der Waals surface area contributed by atoms with Crippen LogP contribution in [0.15, 0.2) is 18.3 Å². The number of nitrogen functional groups attached to an aromatic ring is 1. The highest BCUT2D eigenvalue weighted by Crippen LogP contribution is 2.38. The molecular formula is C18H22F5N3OSi. The van der Waals surface area contributed by atoms with Crippen molar-refractivity contribution in [2.24, 2.45) is 0 Å². The minimum atomic E-state index is -4.82. The third kappa shape index (κ3) is 4.66. The summed E-state index contributed by atoms with van der Waals surface area (Å²) in [7, 11) is -2.25. The number of benzene rings is 1. The molecule has 4 nitrogen and oxygen atoms in total. The number of hydrogen-bond acceptors (Lipinski definition) is 4. The first-order chi connectivity index (χ1) is 12.6. The predicted molar refractivity (Wildman–Crippen MR) is 98.8 cm³/mol. The van der Waals surface area contributed by atoms with Gasteiger partial charge in [0.1, 0.15) is 11.6 Å². The molecule has 28 heavy (non-hydrogen) atoms. The molecule has 2 N–H and O–H groups in total. The van der Waals surface area contributed by atoms with Crippen LogP contribution >= 0.6 is 0 Å². The maximum atomic E-state index is 14.3. The van der Waals surface area contributed by atoms with E-state index in [1.807, 2.05) is 33.9 Å². The minimum Gasteiger partial charge on any atom is -0.412 e. The molecule has 1 aromatic carbocycles. The fourth-order valence-corrected chi connectivity index (χ4v) is 3.05. The fourth-order valence-electron chi connectivity index (χ4n) is 2.10. The van der Waals surface area contributed by atoms with Crippen LogP contribution in [0.25, 0.3) is 11.3 Å². The Kier molecular flexibility index (Phi) is 5.87. The van der Waals surface area contributed by atoms with E-state index in [0.717, 1.165) is 12.3 Å². The van der Waals surface area contributed by atoms with E-state index in [-0.39, 0.29) is 28.5 Å². The van der Waals surface area contributed by atoms with E-state index in [4.69, 9.17) is 10.2 Å². The highest BCUT2D eigenvalue weighted by atomic mass is 28.4. The van der Waals surface area contributed by atoms with Crippen molar-refractivity contribution < 1.29 is 26.4 Å². The second-order valence-corrected chi connectivity index (χ2v) is 12.8. The van der Waals surface area contributed by atoms with Crippen LogP contribution in [0.2, 0.25) is 18.1 Å². The van der Waals surface area contributed by atoms with Gasteiger partial charge in [-0.2, -0.15) is 13.2 Å². The quantitative estimate of drug-likeness (QED) is 0.401. The number of anilines is 1. The smallest absolute Gasteiger partial charge is 0.412 e. The summed E-state index contributed by atoms with van der Waals surface area (Å²) in [6.07, 6.45) is -3.87. The summed E-state index contributed by atoms with van der Waals surface area (Å²) in [6, 6.07) is 1.43. The van der Waals surface area contributed by atoms with Gasteiger partial charge in [-0.3, -0.25) is 0 Å². The topological polar surface area (TPSA) is 61.0 Å². The summed E-state index contributed by atoms with van der Waals surface area (Å²) >= 11 is 0. The van der Waals surface area contributed by atoms with Gasteiger partial charge in [0.15, 0.2) is 8.32 Å². The van der Waals surface area contributed by atoms with Gasteiger partial charge in [-0.1, -0.05) is 20.8 Å². The molecule has 0 amide bonds. The van der Waals surface area contributed by atoms with Crippen LogP contribution in [-0.4, -0.2) is 18.3 Å². The monoisotopic (exact) mass is 419 g/mol. The van der Waals surface area contributed by atoms with E-state index >= 15 is 0 Å². The van der Waals surface area contributed by atoms with E-state index in [2.05, 4.69) is 9.97 Å². The zero-order valence-electron chi connectivity index (χ0n) is 16.2. The van der Waals surface area contributed by atoms with Crippen molar-refractivity contribution in [2.45, 2.75) is 51.7 Å². The summed E-state index contributed by atoms with van der Waals surface area (Å²) in [5.74, 6) is -3.52. The van der Waals surface area contributed by atoms with Gasteiger partial charge in [0.05, 0.1) is 18.0 Å². The summed E-state index contributed by atoms with van der Waals surface area (Å²) in [6.45, 7) is 9.83. The fraction of sp³-hybridized carbons (Fsp3) is 0.444. The molecule has 2 rings (SSSR count). The molecule has 0 saturated heterocycles. The molecule has 0 saturated carbocycles. The van der Waals surface area contributed by atoms with Gasteiger partial charge in [-0.05, 0) is 24.2 Å². The third-order valence-corrected chi connectivity index (χ3v) is 9.33. The van der Waals surface area contributed by atoms with Crippen LogP contribution < -0.4 is 5.73 Å². The molecule has 0 aliphatic carbocycles. The van der Waals surface area contributed by atoms with Crippen LogP contribution in [-0.2, 0) is 17.2 Å². The first-order valence-corrected chi connectivity index (χ1v) is 11.4. The first-order valence-electron chi connectivity index (χ1n) is 8.45. The van der Waals surface area contributed by atoms with Crippen molar-refractivity contribution in [3.63, 3.8) is 0 Å². The molecule has 0 atom stereocenters. The average Bonchev–Trinajstić information content (AvgIpc) is 2.54. The van der Waals surface area contributed by atoms with E-state index in [1.54, 1.807) is 0 Å². The largest absolute Gasteiger partial charge is 0.451 e. The van der Waals surface area contributed by atoms with Crippen LogP contribution in [0.4, 0.5) is 27.6 Å². The van der Waals surface area contributed by atoms with Crippen molar-refractivity contribution in [3.8, 4) is 11.3 Å². The summed E-state index contributed by atoms with van der Waals surface area (Å²) in [5.41, 5.74) is 4.55. The third-order valence-electron chi connectivity index (χ3n) is 4.85.